The number of sulfone groups is 1. The van der Waals surface area contributed by atoms with Crippen molar-refractivity contribution in [1.29, 1.82) is 5.26 Å². The van der Waals surface area contributed by atoms with Gasteiger partial charge in [-0.2, -0.15) is 5.26 Å². The van der Waals surface area contributed by atoms with E-state index >= 15 is 0 Å². The van der Waals surface area contributed by atoms with Crippen molar-refractivity contribution in [2.45, 2.75) is 4.90 Å². The molecular weight excluding hydrogens is 252 g/mol. The zero-order valence-corrected chi connectivity index (χ0v) is 10.3. The van der Waals surface area contributed by atoms with E-state index in [0.717, 1.165) is 6.26 Å². The summed E-state index contributed by atoms with van der Waals surface area (Å²) in [6.07, 6.45) is 4.09. The van der Waals surface area contributed by atoms with Gasteiger partial charge in [0.1, 0.15) is 6.07 Å². The van der Waals surface area contributed by atoms with Crippen LogP contribution in [0.4, 0.5) is 5.69 Å². The van der Waals surface area contributed by atoms with Crippen LogP contribution in [0.15, 0.2) is 35.5 Å². The SMILES string of the molecule is CS(=O)(=O)c1cccc(-n2ccnc2C#N)c1N. The van der Waals surface area contributed by atoms with E-state index in [4.69, 9.17) is 11.0 Å². The highest BCUT2D eigenvalue weighted by Crippen LogP contribution is 2.26. The number of imidazole rings is 1. The molecule has 6 nitrogen and oxygen atoms in total. The summed E-state index contributed by atoms with van der Waals surface area (Å²) >= 11 is 0. The second-order valence-corrected chi connectivity index (χ2v) is 5.68. The molecule has 0 bridgehead atoms. The van der Waals surface area contributed by atoms with Gasteiger partial charge in [-0.1, -0.05) is 6.07 Å². The molecule has 0 aliphatic carbocycles. The molecule has 92 valence electrons. The molecule has 1 heterocycles. The standard InChI is InChI=1S/C11H10N4O2S/c1-18(16,17)9-4-2-3-8(11(9)13)15-6-5-14-10(15)7-12/h2-6H,13H2,1H3. The minimum atomic E-state index is -3.41. The van der Waals surface area contributed by atoms with E-state index in [1.54, 1.807) is 18.3 Å². The van der Waals surface area contributed by atoms with Gasteiger partial charge < -0.3 is 5.73 Å². The van der Waals surface area contributed by atoms with Crippen LogP contribution in [0.5, 0.6) is 0 Å². The van der Waals surface area contributed by atoms with Crippen molar-refractivity contribution in [2.24, 2.45) is 0 Å². The minimum absolute atomic E-state index is 0.0394. The summed E-state index contributed by atoms with van der Waals surface area (Å²) in [6.45, 7) is 0. The van der Waals surface area contributed by atoms with Crippen molar-refractivity contribution in [3.8, 4) is 11.8 Å². The molecule has 1 aromatic heterocycles. The number of nitrogen functional groups attached to an aromatic ring is 1. The van der Waals surface area contributed by atoms with Crippen LogP contribution in [0.2, 0.25) is 0 Å². The van der Waals surface area contributed by atoms with Gasteiger partial charge in [0.05, 0.1) is 16.3 Å². The second-order valence-electron chi connectivity index (χ2n) is 3.69. The normalized spacial score (nSPS) is 11.1. The third-order valence-corrected chi connectivity index (χ3v) is 3.60. The van der Waals surface area contributed by atoms with Crippen molar-refractivity contribution in [1.82, 2.24) is 9.55 Å². The monoisotopic (exact) mass is 262 g/mol. The molecule has 0 saturated heterocycles. The Morgan fingerprint density at radius 3 is 2.78 bits per heavy atom. The van der Waals surface area contributed by atoms with E-state index in [9.17, 15) is 8.42 Å². The van der Waals surface area contributed by atoms with Crippen LogP contribution >= 0.6 is 0 Å². The first-order valence-corrected chi connectivity index (χ1v) is 6.86. The van der Waals surface area contributed by atoms with Gasteiger partial charge in [-0.05, 0) is 12.1 Å². The Morgan fingerprint density at radius 2 is 2.17 bits per heavy atom. The Morgan fingerprint density at radius 1 is 1.44 bits per heavy atom. The van der Waals surface area contributed by atoms with Gasteiger partial charge in [-0.3, -0.25) is 4.57 Å². The molecule has 0 amide bonds. The highest BCUT2D eigenvalue weighted by atomic mass is 32.2. The number of hydrogen-bond donors (Lipinski definition) is 1. The fourth-order valence-corrected chi connectivity index (χ4v) is 2.48. The predicted molar refractivity (Wildman–Crippen MR) is 65.8 cm³/mol. The lowest BCUT2D eigenvalue weighted by atomic mass is 10.2. The fraction of sp³-hybridized carbons (Fsp3) is 0.0909. The third kappa shape index (κ3) is 1.94. The molecule has 1 aromatic carbocycles. The molecule has 0 aliphatic rings. The molecular formula is C11H10N4O2S. The summed E-state index contributed by atoms with van der Waals surface area (Å²) in [5.74, 6) is 0.146. The molecule has 0 atom stereocenters. The average Bonchev–Trinajstić information content (AvgIpc) is 2.75. The van der Waals surface area contributed by atoms with E-state index in [-0.39, 0.29) is 16.4 Å². The van der Waals surface area contributed by atoms with Crippen LogP contribution < -0.4 is 5.73 Å². The maximum atomic E-state index is 11.6. The molecule has 0 saturated carbocycles. The molecule has 0 radical (unpaired) electrons. The van der Waals surface area contributed by atoms with Gasteiger partial charge in [0.15, 0.2) is 9.84 Å². The number of anilines is 1. The quantitative estimate of drug-likeness (QED) is 0.804. The Balaban J connectivity index is 2.72. The molecule has 0 aliphatic heterocycles. The third-order valence-electron chi connectivity index (χ3n) is 2.44. The first-order chi connectivity index (χ1) is 8.45. The van der Waals surface area contributed by atoms with Crippen LogP contribution in [0.25, 0.3) is 5.69 Å². The summed E-state index contributed by atoms with van der Waals surface area (Å²) in [4.78, 5) is 3.88. The molecule has 0 spiro atoms. The predicted octanol–water partition coefficient (Wildman–Crippen LogP) is 0.730. The number of nitriles is 1. The van der Waals surface area contributed by atoms with Gasteiger partial charge in [0.25, 0.3) is 0 Å². The van der Waals surface area contributed by atoms with Gasteiger partial charge in [-0.15, -0.1) is 0 Å². The van der Waals surface area contributed by atoms with Crippen molar-refractivity contribution >= 4 is 15.5 Å². The molecule has 0 fully saturated rings. The Bertz CT molecular complexity index is 741. The van der Waals surface area contributed by atoms with Crippen molar-refractivity contribution in [2.75, 3.05) is 12.0 Å². The summed E-state index contributed by atoms with van der Waals surface area (Å²) in [5, 5.41) is 8.90. The summed E-state index contributed by atoms with van der Waals surface area (Å²) in [7, 11) is -3.41. The summed E-state index contributed by atoms with van der Waals surface area (Å²) < 4.78 is 24.6. The smallest absolute Gasteiger partial charge is 0.217 e. The number of benzene rings is 1. The summed E-state index contributed by atoms with van der Waals surface area (Å²) in [6, 6.07) is 6.54. The van der Waals surface area contributed by atoms with E-state index in [1.165, 1.54) is 16.8 Å². The molecule has 2 rings (SSSR count). The highest BCUT2D eigenvalue weighted by Gasteiger charge is 2.16. The fourth-order valence-electron chi connectivity index (χ4n) is 1.65. The average molecular weight is 262 g/mol. The molecule has 18 heavy (non-hydrogen) atoms. The Hall–Kier alpha value is -2.33. The number of hydrogen-bond acceptors (Lipinski definition) is 5. The van der Waals surface area contributed by atoms with E-state index in [2.05, 4.69) is 4.98 Å². The maximum Gasteiger partial charge on any atom is 0.217 e. The Kier molecular flexibility index (Phi) is 2.80. The number of para-hydroxylation sites is 1. The van der Waals surface area contributed by atoms with E-state index < -0.39 is 9.84 Å². The zero-order valence-electron chi connectivity index (χ0n) is 9.53. The van der Waals surface area contributed by atoms with Gasteiger partial charge in [0, 0.05) is 18.6 Å². The van der Waals surface area contributed by atoms with E-state index in [1.807, 2.05) is 6.07 Å². The minimum Gasteiger partial charge on any atom is -0.396 e. The first kappa shape index (κ1) is 12.1. The molecule has 2 N–H and O–H groups in total. The van der Waals surface area contributed by atoms with Gasteiger partial charge in [-0.25, -0.2) is 13.4 Å². The Labute approximate surface area is 104 Å². The molecule has 7 heteroatoms. The highest BCUT2D eigenvalue weighted by molar-refractivity contribution is 7.90. The topological polar surface area (TPSA) is 102 Å². The van der Waals surface area contributed by atoms with Crippen molar-refractivity contribution in [3.05, 3.63) is 36.4 Å². The zero-order chi connectivity index (χ0) is 13.3. The number of nitrogens with two attached hydrogens (primary N) is 1. The van der Waals surface area contributed by atoms with Crippen molar-refractivity contribution in [3.63, 3.8) is 0 Å². The number of nitrogens with zero attached hydrogens (tertiary/aromatic N) is 3. The maximum absolute atomic E-state index is 11.6. The van der Waals surface area contributed by atoms with Crippen LogP contribution in [0.3, 0.4) is 0 Å². The van der Waals surface area contributed by atoms with Crippen molar-refractivity contribution < 1.29 is 8.42 Å². The van der Waals surface area contributed by atoms with Gasteiger partial charge in [0.2, 0.25) is 5.82 Å². The number of rotatable bonds is 2. The lowest BCUT2D eigenvalue weighted by Crippen LogP contribution is -2.07. The summed E-state index contributed by atoms with van der Waals surface area (Å²) in [5.41, 5.74) is 6.38. The lowest BCUT2D eigenvalue weighted by molar-refractivity contribution is 0.602. The van der Waals surface area contributed by atoms with E-state index in [0.29, 0.717) is 5.69 Å². The van der Waals surface area contributed by atoms with Crippen LogP contribution in [-0.4, -0.2) is 24.2 Å². The molecule has 0 unspecified atom stereocenters. The van der Waals surface area contributed by atoms with Gasteiger partial charge >= 0.3 is 0 Å². The molecule has 2 aromatic rings. The second kappa shape index (κ2) is 4.16. The van der Waals surface area contributed by atoms with Crippen LogP contribution in [-0.2, 0) is 9.84 Å². The lowest BCUT2D eigenvalue weighted by Gasteiger charge is -2.10. The first-order valence-electron chi connectivity index (χ1n) is 4.97. The van der Waals surface area contributed by atoms with Crippen LogP contribution in [0.1, 0.15) is 5.82 Å². The van der Waals surface area contributed by atoms with Crippen LogP contribution in [0, 0.1) is 11.3 Å². The number of aromatic nitrogens is 2. The largest absolute Gasteiger partial charge is 0.396 e.